The van der Waals surface area contributed by atoms with E-state index in [9.17, 15) is 0 Å². The van der Waals surface area contributed by atoms with Gasteiger partial charge in [-0.2, -0.15) is 0 Å². The van der Waals surface area contributed by atoms with Crippen LogP contribution in [0.25, 0.3) is 0 Å². The average Bonchev–Trinajstić information content (AvgIpc) is 2.37. The van der Waals surface area contributed by atoms with Gasteiger partial charge in [-0.3, -0.25) is 17.5 Å². The molecule has 0 aliphatic rings. The van der Waals surface area contributed by atoms with E-state index in [0.29, 0.717) is 0 Å². The lowest BCUT2D eigenvalue weighted by molar-refractivity contribution is -0.467. The molecule has 0 aromatic carbocycles. The predicted octanol–water partition coefficient (Wildman–Crippen LogP) is -1.05. The van der Waals surface area contributed by atoms with Crippen molar-refractivity contribution in [2.24, 2.45) is 17.5 Å². The standard InChI is InChI=1S/C10H27N5O4/c1-5-16-9(14-11,17-6-2)10(15(12)13,18-7-3)19-8-4/h14H,5-8,11-13H2,1-4H3. The Bertz CT molecular complexity index is 230. The molecule has 0 fully saturated rings. The molecule has 0 spiro atoms. The molecule has 0 rings (SSSR count). The van der Waals surface area contributed by atoms with E-state index >= 15 is 0 Å². The van der Waals surface area contributed by atoms with Crippen LogP contribution in [0.4, 0.5) is 0 Å². The highest BCUT2D eigenvalue weighted by atomic mass is 16.8. The summed E-state index contributed by atoms with van der Waals surface area (Å²) in [6, 6.07) is 0. The summed E-state index contributed by atoms with van der Waals surface area (Å²) in [7, 11) is 0. The lowest BCUT2D eigenvalue weighted by Crippen LogP contribution is -2.79. The summed E-state index contributed by atoms with van der Waals surface area (Å²) in [6.45, 7) is 8.13. The number of hydrazine groups is 3. The molecule has 0 atom stereocenters. The van der Waals surface area contributed by atoms with E-state index in [2.05, 4.69) is 5.43 Å². The second-order valence-electron chi connectivity index (χ2n) is 3.48. The van der Waals surface area contributed by atoms with E-state index in [-0.39, 0.29) is 26.4 Å². The largest absolute Gasteiger partial charge is 0.331 e. The Morgan fingerprint density at radius 3 is 1.42 bits per heavy atom. The lowest BCUT2D eigenvalue weighted by Gasteiger charge is -2.48. The van der Waals surface area contributed by atoms with Gasteiger partial charge < -0.3 is 18.9 Å². The normalized spacial score (nSPS) is 13.3. The number of ether oxygens (including phenoxy) is 4. The second kappa shape index (κ2) is 8.74. The molecule has 9 heteroatoms. The first-order valence-corrected chi connectivity index (χ1v) is 6.33. The SMILES string of the molecule is CCOC(NN)(OCC)C(OCC)(OCC)N(N)N. The van der Waals surface area contributed by atoms with Crippen LogP contribution in [0, 0.1) is 0 Å². The topological polar surface area (TPSA) is 130 Å². The fraction of sp³-hybridized carbons (Fsp3) is 1.00. The summed E-state index contributed by atoms with van der Waals surface area (Å²) >= 11 is 0. The molecule has 0 saturated heterocycles. The van der Waals surface area contributed by atoms with Gasteiger partial charge in [0.25, 0.3) is 0 Å². The van der Waals surface area contributed by atoms with E-state index < -0.39 is 11.8 Å². The van der Waals surface area contributed by atoms with Gasteiger partial charge in [0.2, 0.25) is 0 Å². The zero-order valence-corrected chi connectivity index (χ0v) is 12.1. The van der Waals surface area contributed by atoms with Crippen molar-refractivity contribution in [3.05, 3.63) is 0 Å². The quantitative estimate of drug-likeness (QED) is 0.213. The summed E-state index contributed by atoms with van der Waals surface area (Å²) in [5.41, 5.74) is 2.41. The number of hydrogen-bond acceptors (Lipinski definition) is 9. The van der Waals surface area contributed by atoms with Crippen molar-refractivity contribution >= 4 is 0 Å². The Hall–Kier alpha value is -0.360. The van der Waals surface area contributed by atoms with E-state index in [0.717, 1.165) is 5.12 Å². The van der Waals surface area contributed by atoms with Gasteiger partial charge in [-0.1, -0.05) is 0 Å². The third-order valence-corrected chi connectivity index (χ3v) is 2.32. The minimum absolute atomic E-state index is 0.258. The van der Waals surface area contributed by atoms with Gasteiger partial charge in [0, 0.05) is 26.4 Å². The smallest absolute Gasteiger partial charge is 0.330 e. The molecule has 19 heavy (non-hydrogen) atoms. The molecule has 0 aliphatic heterocycles. The first-order valence-electron chi connectivity index (χ1n) is 6.33. The molecule has 7 N–H and O–H groups in total. The molecule has 116 valence electrons. The molecule has 0 heterocycles. The zero-order chi connectivity index (χ0) is 14.9. The first-order chi connectivity index (χ1) is 9.00. The highest BCUT2D eigenvalue weighted by molar-refractivity contribution is 4.83. The first kappa shape index (κ1) is 18.6. The molecular weight excluding hydrogens is 254 g/mol. The van der Waals surface area contributed by atoms with Crippen LogP contribution in [0.1, 0.15) is 27.7 Å². The van der Waals surface area contributed by atoms with E-state index in [1.807, 2.05) is 0 Å². The maximum Gasteiger partial charge on any atom is 0.330 e. The lowest BCUT2D eigenvalue weighted by atomic mass is 10.3. The van der Waals surface area contributed by atoms with Crippen LogP contribution in [0.5, 0.6) is 0 Å². The molecule has 0 amide bonds. The van der Waals surface area contributed by atoms with Crippen LogP contribution in [0.3, 0.4) is 0 Å². The third-order valence-electron chi connectivity index (χ3n) is 2.32. The molecule has 0 aromatic heterocycles. The Morgan fingerprint density at radius 2 is 1.21 bits per heavy atom. The minimum Gasteiger partial charge on any atom is -0.331 e. The minimum atomic E-state index is -1.72. The predicted molar refractivity (Wildman–Crippen MR) is 69.5 cm³/mol. The van der Waals surface area contributed by atoms with E-state index in [1.165, 1.54) is 0 Å². The van der Waals surface area contributed by atoms with E-state index in [4.69, 9.17) is 36.5 Å². The van der Waals surface area contributed by atoms with E-state index in [1.54, 1.807) is 27.7 Å². The van der Waals surface area contributed by atoms with Gasteiger partial charge in [0.1, 0.15) is 0 Å². The monoisotopic (exact) mass is 281 g/mol. The van der Waals surface area contributed by atoms with Crippen molar-refractivity contribution in [1.29, 1.82) is 0 Å². The zero-order valence-electron chi connectivity index (χ0n) is 12.1. The van der Waals surface area contributed by atoms with Crippen molar-refractivity contribution in [2.45, 2.75) is 39.5 Å². The van der Waals surface area contributed by atoms with Crippen molar-refractivity contribution < 1.29 is 18.9 Å². The van der Waals surface area contributed by atoms with Crippen molar-refractivity contribution in [2.75, 3.05) is 26.4 Å². The molecule has 0 aromatic rings. The Kier molecular flexibility index (Phi) is 8.57. The Balaban J connectivity index is 5.66. The van der Waals surface area contributed by atoms with Crippen molar-refractivity contribution in [3.63, 3.8) is 0 Å². The molecule has 9 nitrogen and oxygen atoms in total. The van der Waals surface area contributed by atoms with Crippen molar-refractivity contribution in [1.82, 2.24) is 10.5 Å². The van der Waals surface area contributed by atoms with Crippen LogP contribution in [0.2, 0.25) is 0 Å². The van der Waals surface area contributed by atoms with Gasteiger partial charge in [-0.05, 0) is 27.7 Å². The number of hydrogen-bond donors (Lipinski definition) is 4. The van der Waals surface area contributed by atoms with Crippen LogP contribution < -0.4 is 23.0 Å². The fourth-order valence-corrected chi connectivity index (χ4v) is 1.75. The molecular formula is C10H27N5O4. The highest BCUT2D eigenvalue weighted by Crippen LogP contribution is 2.31. The number of nitrogens with zero attached hydrogens (tertiary/aromatic N) is 1. The number of nitrogens with two attached hydrogens (primary N) is 3. The van der Waals surface area contributed by atoms with Crippen LogP contribution in [-0.2, 0) is 18.9 Å². The van der Waals surface area contributed by atoms with Gasteiger partial charge in [-0.15, -0.1) is 5.12 Å². The number of nitrogens with one attached hydrogen (secondary N) is 1. The summed E-state index contributed by atoms with van der Waals surface area (Å²) in [4.78, 5) is 0. The maximum atomic E-state index is 5.67. The summed E-state index contributed by atoms with van der Waals surface area (Å²) in [5.74, 6) is 13.5. The van der Waals surface area contributed by atoms with Crippen LogP contribution in [0.15, 0.2) is 0 Å². The van der Waals surface area contributed by atoms with Crippen LogP contribution in [-0.4, -0.2) is 43.4 Å². The Morgan fingerprint density at radius 1 is 0.842 bits per heavy atom. The van der Waals surface area contributed by atoms with Crippen molar-refractivity contribution in [3.8, 4) is 0 Å². The maximum absolute atomic E-state index is 5.67. The molecule has 0 radical (unpaired) electrons. The highest BCUT2D eigenvalue weighted by Gasteiger charge is 2.60. The summed E-state index contributed by atoms with van der Waals surface area (Å²) in [6.07, 6.45) is 0. The molecule has 0 saturated carbocycles. The Labute approximate surface area is 114 Å². The third kappa shape index (κ3) is 3.81. The molecule has 0 unspecified atom stereocenters. The fourth-order valence-electron chi connectivity index (χ4n) is 1.75. The second-order valence-corrected chi connectivity index (χ2v) is 3.48. The summed E-state index contributed by atoms with van der Waals surface area (Å²) in [5, 5.41) is 0.741. The van der Waals surface area contributed by atoms with Gasteiger partial charge in [-0.25, -0.2) is 5.43 Å². The van der Waals surface area contributed by atoms with Gasteiger partial charge in [0.15, 0.2) is 0 Å². The number of rotatable bonds is 11. The van der Waals surface area contributed by atoms with Gasteiger partial charge in [0.05, 0.1) is 0 Å². The summed E-state index contributed by atoms with van der Waals surface area (Å²) < 4.78 is 22.2. The van der Waals surface area contributed by atoms with Gasteiger partial charge >= 0.3 is 11.8 Å². The average molecular weight is 281 g/mol. The molecule has 0 bridgehead atoms. The molecule has 0 aliphatic carbocycles. The van der Waals surface area contributed by atoms with Crippen LogP contribution >= 0.6 is 0 Å².